The highest BCUT2D eigenvalue weighted by Gasteiger charge is 2.20. The summed E-state index contributed by atoms with van der Waals surface area (Å²) in [7, 11) is 0. The molecule has 1 aromatic rings. The molecule has 1 aliphatic heterocycles. The summed E-state index contributed by atoms with van der Waals surface area (Å²) in [6.07, 6.45) is 1.02. The van der Waals surface area contributed by atoms with Crippen molar-refractivity contribution in [2.75, 3.05) is 18.0 Å². The second-order valence-corrected chi connectivity index (χ2v) is 4.07. The quantitative estimate of drug-likeness (QED) is 0.800. The van der Waals surface area contributed by atoms with E-state index < -0.39 is 6.09 Å². The number of benzene rings is 1. The van der Waals surface area contributed by atoms with E-state index in [1.54, 1.807) is 0 Å². The Morgan fingerprint density at radius 3 is 2.81 bits per heavy atom. The number of amides is 1. The molecule has 0 aliphatic carbocycles. The number of hydrogen-bond donors (Lipinski definition) is 2. The maximum Gasteiger partial charge on any atom is 0.404 e. The van der Waals surface area contributed by atoms with E-state index in [4.69, 9.17) is 5.11 Å². The zero-order chi connectivity index (χ0) is 11.4. The summed E-state index contributed by atoms with van der Waals surface area (Å²) in [5, 5.41) is 11.2. The first-order valence-corrected chi connectivity index (χ1v) is 5.55. The molecule has 16 heavy (non-hydrogen) atoms. The van der Waals surface area contributed by atoms with Gasteiger partial charge in [-0.05, 0) is 25.0 Å². The molecule has 0 saturated carbocycles. The molecule has 2 rings (SSSR count). The lowest BCUT2D eigenvalue weighted by Crippen LogP contribution is -2.47. The molecular weight excluding hydrogens is 204 g/mol. The summed E-state index contributed by atoms with van der Waals surface area (Å²) in [6.45, 7) is 1.76. The van der Waals surface area contributed by atoms with Gasteiger partial charge in [-0.3, -0.25) is 0 Å². The Balaban J connectivity index is 1.99. The zero-order valence-electron chi connectivity index (χ0n) is 9.10. The Hall–Kier alpha value is -1.71. The van der Waals surface area contributed by atoms with Crippen LogP contribution in [0, 0.1) is 0 Å². The topological polar surface area (TPSA) is 52.6 Å². The van der Waals surface area contributed by atoms with Crippen LogP contribution in [0.5, 0.6) is 0 Å². The summed E-state index contributed by atoms with van der Waals surface area (Å²) in [6, 6.07) is 10.2. The molecule has 0 aromatic heterocycles. The van der Waals surface area contributed by atoms with E-state index in [1.165, 1.54) is 5.69 Å². The van der Waals surface area contributed by atoms with Crippen LogP contribution in [0.2, 0.25) is 0 Å². The van der Waals surface area contributed by atoms with Crippen molar-refractivity contribution in [2.45, 2.75) is 18.9 Å². The van der Waals surface area contributed by atoms with Crippen LogP contribution in [0.25, 0.3) is 0 Å². The number of piperidine rings is 1. The minimum absolute atomic E-state index is 0.0476. The van der Waals surface area contributed by atoms with Crippen molar-refractivity contribution < 1.29 is 9.90 Å². The van der Waals surface area contributed by atoms with Crippen molar-refractivity contribution in [1.82, 2.24) is 5.32 Å². The molecule has 2 N–H and O–H groups in total. The maximum atomic E-state index is 10.6. The summed E-state index contributed by atoms with van der Waals surface area (Å²) in [4.78, 5) is 12.8. The van der Waals surface area contributed by atoms with Gasteiger partial charge in [-0.2, -0.15) is 0 Å². The van der Waals surface area contributed by atoms with E-state index in [1.807, 2.05) is 18.2 Å². The molecule has 4 nitrogen and oxygen atoms in total. The van der Waals surface area contributed by atoms with Crippen molar-refractivity contribution in [1.29, 1.82) is 0 Å². The molecule has 0 spiro atoms. The second kappa shape index (κ2) is 4.88. The Labute approximate surface area is 94.9 Å². The van der Waals surface area contributed by atoms with Gasteiger partial charge >= 0.3 is 6.09 Å². The normalized spacial score (nSPS) is 20.5. The average molecular weight is 220 g/mol. The van der Waals surface area contributed by atoms with Crippen LogP contribution in [0.1, 0.15) is 12.8 Å². The Bertz CT molecular complexity index is 353. The monoisotopic (exact) mass is 220 g/mol. The fourth-order valence-corrected chi connectivity index (χ4v) is 2.14. The van der Waals surface area contributed by atoms with Crippen LogP contribution < -0.4 is 10.2 Å². The summed E-state index contributed by atoms with van der Waals surface area (Å²) in [5.41, 5.74) is 1.17. The molecule has 1 fully saturated rings. The van der Waals surface area contributed by atoms with Crippen LogP contribution in [-0.2, 0) is 0 Å². The van der Waals surface area contributed by atoms with Crippen LogP contribution >= 0.6 is 0 Å². The number of nitrogens with zero attached hydrogens (tertiary/aromatic N) is 1. The van der Waals surface area contributed by atoms with Gasteiger partial charge in [0.2, 0.25) is 0 Å². The van der Waals surface area contributed by atoms with Crippen molar-refractivity contribution >= 4 is 11.8 Å². The minimum atomic E-state index is -0.931. The fraction of sp³-hybridized carbons (Fsp3) is 0.417. The smallest absolute Gasteiger partial charge is 0.404 e. The maximum absolute atomic E-state index is 10.6. The van der Waals surface area contributed by atoms with Gasteiger partial charge in [0.15, 0.2) is 0 Å². The predicted molar refractivity (Wildman–Crippen MR) is 62.8 cm³/mol. The number of carbonyl (C=O) groups is 1. The SMILES string of the molecule is O=C(O)N[C@H]1CCCN(c2ccccc2)C1. The molecule has 0 bridgehead atoms. The molecular formula is C12H16N2O2. The molecule has 1 saturated heterocycles. The molecule has 4 heteroatoms. The lowest BCUT2D eigenvalue weighted by Gasteiger charge is -2.34. The molecule has 1 aromatic carbocycles. The molecule has 1 heterocycles. The van der Waals surface area contributed by atoms with E-state index in [2.05, 4.69) is 22.3 Å². The van der Waals surface area contributed by atoms with E-state index in [0.29, 0.717) is 0 Å². The average Bonchev–Trinajstić information content (AvgIpc) is 2.30. The molecule has 0 radical (unpaired) electrons. The van der Waals surface area contributed by atoms with Crippen molar-refractivity contribution in [2.24, 2.45) is 0 Å². The van der Waals surface area contributed by atoms with Gasteiger partial charge in [-0.25, -0.2) is 4.79 Å². The van der Waals surface area contributed by atoms with Crippen molar-refractivity contribution in [3.8, 4) is 0 Å². The Morgan fingerprint density at radius 1 is 1.38 bits per heavy atom. The first-order chi connectivity index (χ1) is 7.75. The number of rotatable bonds is 2. The van der Waals surface area contributed by atoms with Gasteiger partial charge in [0.1, 0.15) is 0 Å². The summed E-state index contributed by atoms with van der Waals surface area (Å²) < 4.78 is 0. The van der Waals surface area contributed by atoms with Gasteiger partial charge < -0.3 is 15.3 Å². The van der Waals surface area contributed by atoms with Crippen molar-refractivity contribution in [3.05, 3.63) is 30.3 Å². The third-order valence-electron chi connectivity index (χ3n) is 2.87. The minimum Gasteiger partial charge on any atom is -0.465 e. The largest absolute Gasteiger partial charge is 0.465 e. The number of para-hydroxylation sites is 1. The molecule has 0 unspecified atom stereocenters. The predicted octanol–water partition coefficient (Wildman–Crippen LogP) is 1.92. The van der Waals surface area contributed by atoms with Crippen molar-refractivity contribution in [3.63, 3.8) is 0 Å². The molecule has 1 atom stereocenters. The highest BCUT2D eigenvalue weighted by atomic mass is 16.4. The van der Waals surface area contributed by atoms with Gasteiger partial charge in [-0.1, -0.05) is 18.2 Å². The van der Waals surface area contributed by atoms with E-state index in [-0.39, 0.29) is 6.04 Å². The van der Waals surface area contributed by atoms with Gasteiger partial charge in [0.25, 0.3) is 0 Å². The lowest BCUT2D eigenvalue weighted by molar-refractivity contribution is 0.188. The van der Waals surface area contributed by atoms with Gasteiger partial charge in [-0.15, -0.1) is 0 Å². The number of nitrogens with one attached hydrogen (secondary N) is 1. The van der Waals surface area contributed by atoms with Crippen LogP contribution in [-0.4, -0.2) is 30.3 Å². The van der Waals surface area contributed by atoms with E-state index in [0.717, 1.165) is 25.9 Å². The number of carboxylic acid groups (broad SMARTS) is 1. The zero-order valence-corrected chi connectivity index (χ0v) is 9.10. The summed E-state index contributed by atoms with van der Waals surface area (Å²) in [5.74, 6) is 0. The van der Waals surface area contributed by atoms with Crippen LogP contribution in [0.3, 0.4) is 0 Å². The second-order valence-electron chi connectivity index (χ2n) is 4.07. The Morgan fingerprint density at radius 2 is 2.12 bits per heavy atom. The first kappa shape index (κ1) is 10.8. The highest BCUT2D eigenvalue weighted by molar-refractivity contribution is 5.65. The van der Waals surface area contributed by atoms with Gasteiger partial charge in [0.05, 0.1) is 0 Å². The van der Waals surface area contributed by atoms with Crippen LogP contribution in [0.15, 0.2) is 30.3 Å². The van der Waals surface area contributed by atoms with Crippen LogP contribution in [0.4, 0.5) is 10.5 Å². The first-order valence-electron chi connectivity index (χ1n) is 5.55. The third-order valence-corrected chi connectivity index (χ3v) is 2.87. The van der Waals surface area contributed by atoms with E-state index >= 15 is 0 Å². The lowest BCUT2D eigenvalue weighted by atomic mass is 10.1. The number of anilines is 1. The Kier molecular flexibility index (Phi) is 3.29. The fourth-order valence-electron chi connectivity index (χ4n) is 2.14. The third kappa shape index (κ3) is 2.66. The standard InChI is InChI=1S/C12H16N2O2/c15-12(16)13-10-5-4-8-14(9-10)11-6-2-1-3-7-11/h1-3,6-7,10,13H,4-5,8-9H2,(H,15,16)/t10-/m0/s1. The summed E-state index contributed by atoms with van der Waals surface area (Å²) >= 11 is 0. The molecule has 86 valence electrons. The van der Waals surface area contributed by atoms with E-state index in [9.17, 15) is 4.79 Å². The molecule has 1 amide bonds. The van der Waals surface area contributed by atoms with Gasteiger partial charge in [0, 0.05) is 24.8 Å². The number of hydrogen-bond acceptors (Lipinski definition) is 2. The highest BCUT2D eigenvalue weighted by Crippen LogP contribution is 2.19. The molecule has 1 aliphatic rings.